The number of hydrogen-bond donors (Lipinski definition) is 4. The van der Waals surface area contributed by atoms with Crippen molar-refractivity contribution in [1.82, 2.24) is 5.32 Å². The van der Waals surface area contributed by atoms with Crippen molar-refractivity contribution in [3.63, 3.8) is 0 Å². The summed E-state index contributed by atoms with van der Waals surface area (Å²) in [6, 6.07) is -2.02. The normalized spacial score (nSPS) is 15.4. The van der Waals surface area contributed by atoms with Crippen molar-refractivity contribution in [2.45, 2.75) is 38.1 Å². The maximum Gasteiger partial charge on any atom is 0.407 e. The van der Waals surface area contributed by atoms with E-state index in [-0.39, 0.29) is 0 Å². The molecule has 0 unspecified atom stereocenters. The van der Waals surface area contributed by atoms with Crippen LogP contribution < -0.4 is 11.1 Å². The van der Waals surface area contributed by atoms with Crippen LogP contribution in [0.15, 0.2) is 0 Å². The summed E-state index contributed by atoms with van der Waals surface area (Å²) in [5.74, 6) is -2.20. The Morgan fingerprint density at radius 1 is 0.955 bits per heavy atom. The maximum atomic E-state index is 10.7. The Morgan fingerprint density at radius 2 is 1.41 bits per heavy atom. The van der Waals surface area contributed by atoms with E-state index < -0.39 is 42.3 Å². The molecule has 0 aromatic heterocycles. The van der Waals surface area contributed by atoms with E-state index in [1.165, 1.54) is 21.1 Å². The number of hydrogen-bond acceptors (Lipinski definition) is 7. The molecule has 0 aliphatic heterocycles. The number of ether oxygens (including phenoxy) is 3. The molecular weight excluding hydrogens is 300 g/mol. The average molecular weight is 324 g/mol. The third kappa shape index (κ3) is 9.10. The minimum atomic E-state index is -1.17. The summed E-state index contributed by atoms with van der Waals surface area (Å²) in [4.78, 5) is 31.4. The Kier molecular flexibility index (Phi) is 11.9. The second-order valence-corrected chi connectivity index (χ2v) is 4.20. The number of amides is 1. The predicted molar refractivity (Wildman–Crippen MR) is 75.5 cm³/mol. The molecule has 0 aliphatic carbocycles. The van der Waals surface area contributed by atoms with Crippen molar-refractivity contribution >= 4 is 18.0 Å². The highest BCUT2D eigenvalue weighted by molar-refractivity contribution is 5.80. The standard InChI is InChI=1S/C7H13NO5.C5H11NO3/c1-4(12-2)5(6(9)10)8-7(11)13-3;1-3(9-2)4(6)5(7)8/h4-5H,1-3H3,(H,8,11)(H,9,10);3-4H,6H2,1-2H3,(H,7,8)/t4-,5+;3-,4+/m11/s1. The van der Waals surface area contributed by atoms with E-state index >= 15 is 0 Å². The molecule has 4 atom stereocenters. The number of aliphatic carboxylic acids is 2. The second-order valence-electron chi connectivity index (χ2n) is 4.20. The number of rotatable bonds is 7. The zero-order valence-corrected chi connectivity index (χ0v) is 13.2. The fourth-order valence-corrected chi connectivity index (χ4v) is 1.05. The summed E-state index contributed by atoms with van der Waals surface area (Å²) in [6.45, 7) is 3.15. The first kappa shape index (κ1) is 22.4. The largest absolute Gasteiger partial charge is 0.480 e. The van der Waals surface area contributed by atoms with Gasteiger partial charge in [0.2, 0.25) is 0 Å². The average Bonchev–Trinajstić information content (AvgIpc) is 2.49. The number of carboxylic acids is 2. The third-order valence-electron chi connectivity index (χ3n) is 2.73. The van der Waals surface area contributed by atoms with Gasteiger partial charge in [0.05, 0.1) is 19.3 Å². The Hall–Kier alpha value is -1.91. The monoisotopic (exact) mass is 324 g/mol. The van der Waals surface area contributed by atoms with Crippen LogP contribution in [-0.2, 0) is 23.8 Å². The highest BCUT2D eigenvalue weighted by Crippen LogP contribution is 1.98. The minimum absolute atomic E-state index is 0.428. The number of nitrogens with one attached hydrogen (secondary N) is 1. The molecule has 5 N–H and O–H groups in total. The van der Waals surface area contributed by atoms with Gasteiger partial charge in [-0.1, -0.05) is 0 Å². The van der Waals surface area contributed by atoms with E-state index in [1.807, 2.05) is 0 Å². The number of carbonyl (C=O) groups excluding carboxylic acids is 1. The van der Waals surface area contributed by atoms with E-state index in [0.717, 1.165) is 7.11 Å². The zero-order chi connectivity index (χ0) is 17.9. The molecule has 10 heteroatoms. The molecule has 1 amide bonds. The van der Waals surface area contributed by atoms with Gasteiger partial charge in [-0.05, 0) is 13.8 Å². The fourth-order valence-electron chi connectivity index (χ4n) is 1.05. The van der Waals surface area contributed by atoms with Gasteiger partial charge >= 0.3 is 18.0 Å². The van der Waals surface area contributed by atoms with Crippen LogP contribution in [0.1, 0.15) is 13.8 Å². The highest BCUT2D eigenvalue weighted by atomic mass is 16.5. The van der Waals surface area contributed by atoms with E-state index in [4.69, 9.17) is 20.7 Å². The molecule has 0 aliphatic rings. The molecule has 0 aromatic carbocycles. The van der Waals surface area contributed by atoms with Crippen LogP contribution in [-0.4, -0.2) is 73.9 Å². The molecule has 0 saturated heterocycles. The van der Waals surface area contributed by atoms with Gasteiger partial charge in [0.15, 0.2) is 6.04 Å². The lowest BCUT2D eigenvalue weighted by molar-refractivity contribution is -0.143. The summed E-state index contributed by atoms with van der Waals surface area (Å²) >= 11 is 0. The van der Waals surface area contributed by atoms with Crippen LogP contribution in [0.3, 0.4) is 0 Å². The molecule has 130 valence electrons. The van der Waals surface area contributed by atoms with E-state index in [0.29, 0.717) is 0 Å². The Morgan fingerprint density at radius 3 is 1.64 bits per heavy atom. The lowest BCUT2D eigenvalue weighted by atomic mass is 10.2. The molecular formula is C12H24N2O8. The van der Waals surface area contributed by atoms with E-state index in [2.05, 4.69) is 14.8 Å². The predicted octanol–water partition coefficient (Wildman–Crippen LogP) is -0.736. The van der Waals surface area contributed by atoms with Gasteiger partial charge in [-0.2, -0.15) is 0 Å². The van der Waals surface area contributed by atoms with Gasteiger partial charge in [-0.3, -0.25) is 4.79 Å². The molecule has 0 spiro atoms. The van der Waals surface area contributed by atoms with Gasteiger partial charge in [0.1, 0.15) is 6.04 Å². The summed E-state index contributed by atoms with van der Waals surface area (Å²) in [5, 5.41) is 19.1. The molecule has 0 heterocycles. The number of methoxy groups -OCH3 is 3. The van der Waals surface area contributed by atoms with Crippen LogP contribution in [0, 0.1) is 0 Å². The van der Waals surface area contributed by atoms with Crippen LogP contribution in [0.5, 0.6) is 0 Å². The third-order valence-corrected chi connectivity index (χ3v) is 2.73. The molecule has 0 rings (SSSR count). The van der Waals surface area contributed by atoms with Gasteiger partial charge in [0, 0.05) is 14.2 Å². The lowest BCUT2D eigenvalue weighted by Crippen LogP contribution is -2.48. The van der Waals surface area contributed by atoms with Crippen LogP contribution in [0.25, 0.3) is 0 Å². The first-order chi connectivity index (χ1) is 10.1. The van der Waals surface area contributed by atoms with Gasteiger partial charge in [-0.25, -0.2) is 9.59 Å². The Balaban J connectivity index is 0. The first-order valence-corrected chi connectivity index (χ1v) is 6.23. The van der Waals surface area contributed by atoms with Crippen molar-refractivity contribution in [2.75, 3.05) is 21.3 Å². The fraction of sp³-hybridized carbons (Fsp3) is 0.750. The van der Waals surface area contributed by atoms with Crippen LogP contribution in [0.2, 0.25) is 0 Å². The van der Waals surface area contributed by atoms with Crippen molar-refractivity contribution in [3.05, 3.63) is 0 Å². The lowest BCUT2D eigenvalue weighted by Gasteiger charge is -2.18. The Bertz CT molecular complexity index is 363. The maximum absolute atomic E-state index is 10.7. The molecule has 0 saturated carbocycles. The van der Waals surface area contributed by atoms with Gasteiger partial charge in [-0.15, -0.1) is 0 Å². The number of alkyl carbamates (subject to hydrolysis) is 1. The van der Waals surface area contributed by atoms with Crippen molar-refractivity contribution in [1.29, 1.82) is 0 Å². The van der Waals surface area contributed by atoms with Gasteiger partial charge < -0.3 is 35.5 Å². The summed E-state index contributed by atoms with van der Waals surface area (Å²) in [7, 11) is 3.94. The minimum Gasteiger partial charge on any atom is -0.480 e. The van der Waals surface area contributed by atoms with E-state index in [1.54, 1.807) is 6.92 Å². The number of nitrogens with two attached hydrogens (primary N) is 1. The van der Waals surface area contributed by atoms with Crippen LogP contribution in [0.4, 0.5) is 4.79 Å². The van der Waals surface area contributed by atoms with Crippen molar-refractivity contribution in [2.24, 2.45) is 5.73 Å². The van der Waals surface area contributed by atoms with Crippen molar-refractivity contribution in [3.8, 4) is 0 Å². The quantitative estimate of drug-likeness (QED) is 0.473. The summed E-state index contributed by atoms with van der Waals surface area (Å²) < 4.78 is 13.7. The smallest absolute Gasteiger partial charge is 0.407 e. The molecule has 10 nitrogen and oxygen atoms in total. The first-order valence-electron chi connectivity index (χ1n) is 6.23. The number of carboxylic acid groups (broad SMARTS) is 2. The molecule has 0 aromatic rings. The van der Waals surface area contributed by atoms with E-state index in [9.17, 15) is 14.4 Å². The molecule has 0 radical (unpaired) electrons. The van der Waals surface area contributed by atoms with Crippen LogP contribution >= 0.6 is 0 Å². The summed E-state index contributed by atoms with van der Waals surface area (Å²) in [5.41, 5.74) is 5.15. The Labute approximate surface area is 128 Å². The summed E-state index contributed by atoms with van der Waals surface area (Å²) in [6.07, 6.45) is -1.84. The molecule has 0 bridgehead atoms. The highest BCUT2D eigenvalue weighted by Gasteiger charge is 2.26. The SMILES string of the molecule is COC(=O)N[C@H](C(=O)O)[C@@H](C)OC.CO[C@H](C)[C@H](N)C(=O)O. The topological polar surface area (TPSA) is 157 Å². The number of carbonyl (C=O) groups is 3. The molecule has 0 fully saturated rings. The molecule has 22 heavy (non-hydrogen) atoms. The zero-order valence-electron chi connectivity index (χ0n) is 13.2. The van der Waals surface area contributed by atoms with Gasteiger partial charge in [0.25, 0.3) is 0 Å². The van der Waals surface area contributed by atoms with Crippen molar-refractivity contribution < 1.29 is 38.8 Å². The second kappa shape index (κ2) is 11.7.